The van der Waals surface area contributed by atoms with Crippen molar-refractivity contribution in [2.75, 3.05) is 0 Å². The number of rotatable bonds is 4. The van der Waals surface area contributed by atoms with Crippen molar-refractivity contribution in [2.24, 2.45) is 5.73 Å². The number of carbonyl (C=O) groups excluding carboxylic acids is 1. The Balaban J connectivity index is 2.71. The number of benzene rings is 1. The first-order chi connectivity index (χ1) is 9.35. The van der Waals surface area contributed by atoms with Crippen LogP contribution in [0, 0.1) is 10.1 Å². The standard InChI is InChI=1S/C11H9N3O5S/c12-11(15)9-5-3-7-13(9)20(18,19)10-6-2-1-4-8(10)14(16)17/h1-7H,(H2,12,15). The lowest BCUT2D eigenvalue weighted by atomic mass is 10.3. The summed E-state index contributed by atoms with van der Waals surface area (Å²) in [6.45, 7) is 0. The molecule has 1 heterocycles. The van der Waals surface area contributed by atoms with Crippen molar-refractivity contribution in [3.8, 4) is 0 Å². The van der Waals surface area contributed by atoms with Gasteiger partial charge in [0, 0.05) is 12.3 Å². The minimum Gasteiger partial charge on any atom is -0.364 e. The Morgan fingerprint density at radius 3 is 2.45 bits per heavy atom. The molecule has 0 saturated carbocycles. The van der Waals surface area contributed by atoms with Crippen LogP contribution in [0.2, 0.25) is 0 Å². The summed E-state index contributed by atoms with van der Waals surface area (Å²) in [4.78, 5) is 20.8. The Labute approximate surface area is 113 Å². The Hall–Kier alpha value is -2.68. The van der Waals surface area contributed by atoms with Gasteiger partial charge < -0.3 is 5.73 Å². The number of para-hydroxylation sites is 1. The Morgan fingerprint density at radius 2 is 1.85 bits per heavy atom. The van der Waals surface area contributed by atoms with Crippen LogP contribution in [0.5, 0.6) is 0 Å². The van der Waals surface area contributed by atoms with E-state index in [1.807, 2.05) is 0 Å². The van der Waals surface area contributed by atoms with Gasteiger partial charge in [-0.05, 0) is 18.2 Å². The molecular formula is C11H9N3O5S. The number of nitrogens with zero attached hydrogens (tertiary/aromatic N) is 2. The van der Waals surface area contributed by atoms with Crippen molar-refractivity contribution in [1.29, 1.82) is 0 Å². The average molecular weight is 295 g/mol. The van der Waals surface area contributed by atoms with E-state index < -0.39 is 31.4 Å². The fraction of sp³-hybridized carbons (Fsp3) is 0. The molecule has 0 bridgehead atoms. The number of nitro groups is 1. The SMILES string of the molecule is NC(=O)c1cccn1S(=O)(=O)c1ccccc1[N+](=O)[O-]. The quantitative estimate of drug-likeness (QED) is 0.657. The lowest BCUT2D eigenvalue weighted by Crippen LogP contribution is -2.22. The Bertz CT molecular complexity index is 794. The highest BCUT2D eigenvalue weighted by molar-refractivity contribution is 7.90. The van der Waals surface area contributed by atoms with Crippen molar-refractivity contribution in [3.63, 3.8) is 0 Å². The third kappa shape index (κ3) is 2.14. The van der Waals surface area contributed by atoms with Gasteiger partial charge >= 0.3 is 0 Å². The molecule has 0 atom stereocenters. The maximum Gasteiger partial charge on any atom is 0.289 e. The summed E-state index contributed by atoms with van der Waals surface area (Å²) < 4.78 is 25.4. The lowest BCUT2D eigenvalue weighted by Gasteiger charge is -2.08. The van der Waals surface area contributed by atoms with Crippen molar-refractivity contribution < 1.29 is 18.1 Å². The zero-order chi connectivity index (χ0) is 14.9. The van der Waals surface area contributed by atoms with Crippen LogP contribution in [0.25, 0.3) is 0 Å². The third-order valence-corrected chi connectivity index (χ3v) is 4.30. The second kappa shape index (κ2) is 4.78. The first-order valence-electron chi connectivity index (χ1n) is 5.32. The van der Waals surface area contributed by atoms with Gasteiger partial charge in [-0.3, -0.25) is 14.9 Å². The molecule has 1 aromatic carbocycles. The highest BCUT2D eigenvalue weighted by Crippen LogP contribution is 2.26. The molecule has 0 aliphatic heterocycles. The summed E-state index contributed by atoms with van der Waals surface area (Å²) in [5, 5.41) is 10.9. The molecule has 1 aromatic heterocycles. The van der Waals surface area contributed by atoms with E-state index in [-0.39, 0.29) is 5.69 Å². The van der Waals surface area contributed by atoms with E-state index in [9.17, 15) is 23.3 Å². The predicted molar refractivity (Wildman–Crippen MR) is 68.6 cm³/mol. The summed E-state index contributed by atoms with van der Waals surface area (Å²) in [6, 6.07) is 7.40. The van der Waals surface area contributed by atoms with Crippen LogP contribution >= 0.6 is 0 Å². The first-order valence-corrected chi connectivity index (χ1v) is 6.76. The minimum atomic E-state index is -4.27. The number of nitrogens with two attached hydrogens (primary N) is 1. The van der Waals surface area contributed by atoms with E-state index in [2.05, 4.69) is 0 Å². The van der Waals surface area contributed by atoms with E-state index in [1.54, 1.807) is 0 Å². The second-order valence-corrected chi connectivity index (χ2v) is 5.57. The van der Waals surface area contributed by atoms with Crippen LogP contribution in [0.3, 0.4) is 0 Å². The summed E-state index contributed by atoms with van der Waals surface area (Å²) in [6.07, 6.45) is 1.10. The molecule has 2 aromatic rings. The molecule has 9 heteroatoms. The number of amides is 1. The monoisotopic (exact) mass is 295 g/mol. The number of hydrogen-bond acceptors (Lipinski definition) is 5. The number of carbonyl (C=O) groups is 1. The van der Waals surface area contributed by atoms with Gasteiger partial charge in [0.2, 0.25) is 0 Å². The molecule has 1 amide bonds. The van der Waals surface area contributed by atoms with Crippen molar-refractivity contribution in [1.82, 2.24) is 3.97 Å². The van der Waals surface area contributed by atoms with Crippen LogP contribution in [0.1, 0.15) is 10.5 Å². The molecule has 2 N–H and O–H groups in total. The van der Waals surface area contributed by atoms with Crippen LogP contribution in [0.4, 0.5) is 5.69 Å². The zero-order valence-corrected chi connectivity index (χ0v) is 10.8. The van der Waals surface area contributed by atoms with Crippen molar-refractivity contribution in [2.45, 2.75) is 4.90 Å². The van der Waals surface area contributed by atoms with Gasteiger partial charge in [-0.15, -0.1) is 0 Å². The van der Waals surface area contributed by atoms with Crippen LogP contribution in [0.15, 0.2) is 47.5 Å². The van der Waals surface area contributed by atoms with E-state index >= 15 is 0 Å². The maximum absolute atomic E-state index is 12.4. The normalized spacial score (nSPS) is 11.2. The third-order valence-electron chi connectivity index (χ3n) is 2.56. The van der Waals surface area contributed by atoms with Gasteiger partial charge in [0.05, 0.1) is 4.92 Å². The first kappa shape index (κ1) is 13.7. The lowest BCUT2D eigenvalue weighted by molar-refractivity contribution is -0.387. The largest absolute Gasteiger partial charge is 0.364 e. The smallest absolute Gasteiger partial charge is 0.289 e. The number of primary amides is 1. The number of hydrogen-bond donors (Lipinski definition) is 1. The molecule has 8 nitrogen and oxygen atoms in total. The van der Waals surface area contributed by atoms with Crippen molar-refractivity contribution >= 4 is 21.6 Å². The fourth-order valence-electron chi connectivity index (χ4n) is 1.70. The molecular weight excluding hydrogens is 286 g/mol. The summed E-state index contributed by atoms with van der Waals surface area (Å²) in [7, 11) is -4.27. The number of nitro benzene ring substituents is 1. The molecule has 104 valence electrons. The Kier molecular flexibility index (Phi) is 3.28. The zero-order valence-electron chi connectivity index (χ0n) is 9.96. The molecule has 2 rings (SSSR count). The predicted octanol–water partition coefficient (Wildman–Crippen LogP) is 0.732. The maximum atomic E-state index is 12.4. The molecule has 0 fully saturated rings. The van der Waals surface area contributed by atoms with Gasteiger partial charge in [-0.25, -0.2) is 12.4 Å². The summed E-state index contributed by atoms with van der Waals surface area (Å²) >= 11 is 0. The molecule has 0 radical (unpaired) electrons. The highest BCUT2D eigenvalue weighted by Gasteiger charge is 2.28. The van der Waals surface area contributed by atoms with Crippen molar-refractivity contribution in [3.05, 3.63) is 58.4 Å². The summed E-state index contributed by atoms with van der Waals surface area (Å²) in [5.74, 6) is -0.947. The minimum absolute atomic E-state index is 0.275. The Morgan fingerprint density at radius 1 is 1.20 bits per heavy atom. The number of aromatic nitrogens is 1. The molecule has 0 aliphatic carbocycles. The van der Waals surface area contributed by atoms with Crippen LogP contribution < -0.4 is 5.73 Å². The van der Waals surface area contributed by atoms with E-state index in [4.69, 9.17) is 5.73 Å². The average Bonchev–Trinajstić information content (AvgIpc) is 2.88. The van der Waals surface area contributed by atoms with Gasteiger partial charge in [0.15, 0.2) is 4.90 Å². The van der Waals surface area contributed by atoms with E-state index in [0.29, 0.717) is 3.97 Å². The topological polar surface area (TPSA) is 125 Å². The molecule has 0 aliphatic rings. The molecule has 0 unspecified atom stereocenters. The van der Waals surface area contributed by atoms with Gasteiger partial charge in [0.1, 0.15) is 5.69 Å². The van der Waals surface area contributed by atoms with Gasteiger partial charge in [0.25, 0.3) is 21.6 Å². The molecule has 20 heavy (non-hydrogen) atoms. The van der Waals surface area contributed by atoms with Gasteiger partial charge in [-0.1, -0.05) is 12.1 Å². The summed E-state index contributed by atoms with van der Waals surface area (Å²) in [5.41, 5.74) is 4.23. The van der Waals surface area contributed by atoms with E-state index in [0.717, 1.165) is 18.3 Å². The molecule has 0 spiro atoms. The fourth-order valence-corrected chi connectivity index (χ4v) is 3.21. The second-order valence-electron chi connectivity index (χ2n) is 3.78. The highest BCUT2D eigenvalue weighted by atomic mass is 32.2. The van der Waals surface area contributed by atoms with Crippen LogP contribution in [-0.4, -0.2) is 23.2 Å². The molecule has 0 saturated heterocycles. The van der Waals surface area contributed by atoms with Gasteiger partial charge in [-0.2, -0.15) is 0 Å². The van der Waals surface area contributed by atoms with E-state index in [1.165, 1.54) is 24.3 Å². The van der Waals surface area contributed by atoms with Crippen LogP contribution in [-0.2, 0) is 10.0 Å².